The van der Waals surface area contributed by atoms with Gasteiger partial charge in [0.25, 0.3) is 5.56 Å². The summed E-state index contributed by atoms with van der Waals surface area (Å²) in [6, 6.07) is 10.9. The van der Waals surface area contributed by atoms with Gasteiger partial charge in [-0.25, -0.2) is 18.2 Å². The monoisotopic (exact) mass is 941 g/mol. The molecular formula is C53H58F3N9O4. The molecule has 4 aliphatic rings. The molecule has 1 aliphatic carbocycles. The molecule has 2 atom stereocenters. The van der Waals surface area contributed by atoms with Crippen molar-refractivity contribution in [3.05, 3.63) is 134 Å². The van der Waals surface area contributed by atoms with Gasteiger partial charge in [-0.3, -0.25) is 43.8 Å². The Kier molecular flexibility index (Phi) is 13.8. The van der Waals surface area contributed by atoms with E-state index in [0.717, 1.165) is 78.5 Å². The maximum absolute atomic E-state index is 16.0. The van der Waals surface area contributed by atoms with Gasteiger partial charge in [0.2, 0.25) is 11.8 Å². The third kappa shape index (κ3) is 10.2. The van der Waals surface area contributed by atoms with E-state index in [9.17, 15) is 23.6 Å². The van der Waals surface area contributed by atoms with Crippen LogP contribution in [0, 0.1) is 37.2 Å². The molecular weight excluding hydrogens is 884 g/mol. The van der Waals surface area contributed by atoms with Gasteiger partial charge in [0.15, 0.2) is 23.2 Å². The van der Waals surface area contributed by atoms with Crippen LogP contribution >= 0.6 is 0 Å². The number of allylic oxidation sites excluding steroid dienone is 2. The summed E-state index contributed by atoms with van der Waals surface area (Å²) >= 11 is 0. The molecule has 2 unspecified atom stereocenters. The molecule has 0 radical (unpaired) electrons. The topological polar surface area (TPSA) is 145 Å². The number of piperazine rings is 1. The number of nitrogens with zero attached hydrogens (tertiary/aromatic N) is 6. The van der Waals surface area contributed by atoms with Crippen LogP contribution in [0.15, 0.2) is 83.6 Å². The van der Waals surface area contributed by atoms with E-state index in [1.54, 1.807) is 31.5 Å². The lowest BCUT2D eigenvalue weighted by Crippen LogP contribution is -2.48. The number of ketones is 1. The van der Waals surface area contributed by atoms with E-state index in [4.69, 9.17) is 0 Å². The summed E-state index contributed by atoms with van der Waals surface area (Å²) in [5, 5.41) is 8.73. The highest BCUT2D eigenvalue weighted by molar-refractivity contribution is 6.05. The molecule has 3 N–H and O–H groups in total. The van der Waals surface area contributed by atoms with E-state index in [1.165, 1.54) is 35.2 Å². The SMILES string of the molecule is CNc1cc(=O)n(-c2ccnc3cc(C)c(C(C)N4CC=C(c5c(C)cc(C(=O)C=C6CCC(CN7CCN(c8ncc(NC9CCC(=O)NC9=O)cc8F)CC7)CC6)cc5F)CC4)cc23)cc1F. The van der Waals surface area contributed by atoms with Gasteiger partial charge in [-0.05, 0) is 124 Å². The number of piperidine rings is 1. The zero-order chi connectivity index (χ0) is 48.5. The largest absolute Gasteiger partial charge is 0.386 e. The van der Waals surface area contributed by atoms with Gasteiger partial charge in [0, 0.05) is 100 Å². The van der Waals surface area contributed by atoms with Gasteiger partial charge in [0.05, 0.1) is 35.0 Å². The number of aromatic nitrogens is 3. The Labute approximate surface area is 399 Å². The van der Waals surface area contributed by atoms with Gasteiger partial charge in [-0.1, -0.05) is 11.6 Å². The van der Waals surface area contributed by atoms with Crippen LogP contribution in [-0.2, 0) is 9.59 Å². The third-order valence-electron chi connectivity index (χ3n) is 14.4. The Morgan fingerprint density at radius 2 is 1.67 bits per heavy atom. The van der Waals surface area contributed by atoms with Gasteiger partial charge < -0.3 is 15.5 Å². The first-order chi connectivity index (χ1) is 33.2. The molecule has 3 aliphatic heterocycles. The average molecular weight is 942 g/mol. The Hall–Kier alpha value is -6.65. The van der Waals surface area contributed by atoms with Crippen LogP contribution in [0.25, 0.3) is 22.2 Å². The van der Waals surface area contributed by atoms with E-state index in [-0.39, 0.29) is 41.2 Å². The second-order valence-electron chi connectivity index (χ2n) is 18.9. The number of nitrogens with one attached hydrogen (secondary N) is 3. The number of imide groups is 1. The summed E-state index contributed by atoms with van der Waals surface area (Å²) in [6.45, 7) is 11.1. The van der Waals surface area contributed by atoms with Crippen LogP contribution in [0.2, 0.25) is 0 Å². The Bertz CT molecular complexity index is 2930. The Morgan fingerprint density at radius 1 is 0.884 bits per heavy atom. The first-order valence-corrected chi connectivity index (χ1v) is 23.9. The number of fused-ring (bicyclic) bond motifs is 1. The fourth-order valence-corrected chi connectivity index (χ4v) is 10.5. The lowest BCUT2D eigenvalue weighted by Gasteiger charge is -2.38. The number of pyridine rings is 3. The molecule has 360 valence electrons. The van der Waals surface area contributed by atoms with Crippen LogP contribution < -0.4 is 26.4 Å². The van der Waals surface area contributed by atoms with Crippen LogP contribution in [-0.4, -0.2) is 101 Å². The molecule has 1 saturated carbocycles. The van der Waals surface area contributed by atoms with Crippen molar-refractivity contribution in [2.24, 2.45) is 5.92 Å². The first kappa shape index (κ1) is 47.4. The van der Waals surface area contributed by atoms with E-state index in [1.807, 2.05) is 30.9 Å². The van der Waals surface area contributed by atoms with Gasteiger partial charge >= 0.3 is 0 Å². The second-order valence-corrected chi connectivity index (χ2v) is 18.9. The molecule has 69 heavy (non-hydrogen) atoms. The quantitative estimate of drug-likeness (QED) is 0.0635. The molecule has 2 saturated heterocycles. The van der Waals surface area contributed by atoms with Crippen molar-refractivity contribution in [1.29, 1.82) is 0 Å². The van der Waals surface area contributed by atoms with E-state index < -0.39 is 29.4 Å². The highest BCUT2D eigenvalue weighted by atomic mass is 19.1. The summed E-state index contributed by atoms with van der Waals surface area (Å²) in [7, 11) is 1.57. The molecule has 3 aromatic heterocycles. The van der Waals surface area contributed by atoms with Gasteiger partial charge in [0.1, 0.15) is 11.9 Å². The Morgan fingerprint density at radius 3 is 2.36 bits per heavy atom. The average Bonchev–Trinajstić information content (AvgIpc) is 3.33. The van der Waals surface area contributed by atoms with Crippen molar-refractivity contribution in [3.63, 3.8) is 0 Å². The number of carbonyl (C=O) groups is 3. The number of aryl methyl sites for hydroxylation is 2. The molecule has 5 aromatic rings. The lowest BCUT2D eigenvalue weighted by atomic mass is 9.84. The van der Waals surface area contributed by atoms with Crippen molar-refractivity contribution in [3.8, 4) is 5.69 Å². The van der Waals surface area contributed by atoms with Crippen molar-refractivity contribution in [1.82, 2.24) is 29.7 Å². The lowest BCUT2D eigenvalue weighted by molar-refractivity contribution is -0.133. The molecule has 2 amide bonds. The number of rotatable bonds is 12. The number of carbonyl (C=O) groups excluding carboxylic acids is 3. The van der Waals surface area contributed by atoms with Gasteiger partial charge in [-0.15, -0.1) is 0 Å². The maximum Gasteiger partial charge on any atom is 0.257 e. The van der Waals surface area contributed by atoms with Crippen LogP contribution in [0.3, 0.4) is 0 Å². The van der Waals surface area contributed by atoms with E-state index >= 15 is 8.78 Å². The zero-order valence-electron chi connectivity index (χ0n) is 39.5. The number of anilines is 3. The van der Waals surface area contributed by atoms with Crippen LogP contribution in [0.5, 0.6) is 0 Å². The molecule has 3 fully saturated rings. The molecule has 13 nitrogen and oxygen atoms in total. The second kappa shape index (κ2) is 20.1. The van der Waals surface area contributed by atoms with Gasteiger partial charge in [-0.2, -0.15) is 0 Å². The molecule has 16 heteroatoms. The third-order valence-corrected chi connectivity index (χ3v) is 14.4. The fraction of sp³-hybridized carbons (Fsp3) is 0.396. The first-order valence-electron chi connectivity index (χ1n) is 23.9. The molecule has 0 spiro atoms. The van der Waals surface area contributed by atoms with Crippen LogP contribution in [0.4, 0.5) is 30.4 Å². The predicted octanol–water partition coefficient (Wildman–Crippen LogP) is 8.05. The van der Waals surface area contributed by atoms with Crippen LogP contribution in [0.1, 0.15) is 90.5 Å². The smallest absolute Gasteiger partial charge is 0.257 e. The van der Waals surface area contributed by atoms with Crippen molar-refractivity contribution in [2.45, 2.75) is 77.8 Å². The van der Waals surface area contributed by atoms with E-state index in [0.29, 0.717) is 73.0 Å². The number of hydrogen-bond acceptors (Lipinski definition) is 11. The molecule has 6 heterocycles. The highest BCUT2D eigenvalue weighted by Crippen LogP contribution is 2.36. The fourth-order valence-electron chi connectivity index (χ4n) is 10.5. The summed E-state index contributed by atoms with van der Waals surface area (Å²) in [4.78, 5) is 65.8. The summed E-state index contributed by atoms with van der Waals surface area (Å²) in [5.41, 5.74) is 7.12. The number of hydrogen-bond donors (Lipinski definition) is 3. The minimum absolute atomic E-state index is 0.0222. The summed E-state index contributed by atoms with van der Waals surface area (Å²) < 4.78 is 47.4. The highest BCUT2D eigenvalue weighted by Gasteiger charge is 2.29. The summed E-state index contributed by atoms with van der Waals surface area (Å²) in [6.07, 6.45) is 12.9. The van der Waals surface area contributed by atoms with Crippen molar-refractivity contribution in [2.75, 3.05) is 68.4 Å². The minimum Gasteiger partial charge on any atom is -0.386 e. The Balaban J connectivity index is 0.773. The zero-order valence-corrected chi connectivity index (χ0v) is 39.5. The number of halogens is 3. The number of benzene rings is 2. The molecule has 9 rings (SSSR count). The maximum atomic E-state index is 16.0. The molecule has 2 aromatic carbocycles. The minimum atomic E-state index is -0.612. The normalized spacial score (nSPS) is 19.8. The van der Waals surface area contributed by atoms with E-state index in [2.05, 4.69) is 48.7 Å². The number of amides is 2. The van der Waals surface area contributed by atoms with Crippen molar-refractivity contribution >= 4 is 51.3 Å². The standard InChI is InChI=1S/C53H58F3N9O4/c1-31-22-45-40(47(11-14-58-45)65-30-43(56)46(57-4)27-50(65)68)26-39(31)33(3)63-15-12-36(13-16-63)51-32(2)21-37(24-41(51)54)48(66)23-34-5-7-35(8-6-34)29-62-17-19-64(20-18-62)52-42(55)25-38(28-59-52)60-44-9-10-49(67)61-53(44)69/h11-12,14,21-28,30,33,35,44,57,60H,5-10,13,15-20,29H2,1-4H3,(H,61,67,69). The predicted molar refractivity (Wildman–Crippen MR) is 262 cm³/mol. The van der Waals surface area contributed by atoms with Crippen molar-refractivity contribution < 1.29 is 27.6 Å². The summed E-state index contributed by atoms with van der Waals surface area (Å²) in [5.74, 6) is -1.55. The molecule has 0 bridgehead atoms.